The Morgan fingerprint density at radius 2 is 1.93 bits per heavy atom. The van der Waals surface area contributed by atoms with Crippen LogP contribution in [0.25, 0.3) is 0 Å². The lowest BCUT2D eigenvalue weighted by Crippen LogP contribution is -2.32. The summed E-state index contributed by atoms with van der Waals surface area (Å²) in [6, 6.07) is 4.70. The Balaban J connectivity index is 0.00000280. The number of nitrogens with one attached hydrogen (secondary N) is 2. The number of anilines is 2. The minimum absolute atomic E-state index is 0. The Hall–Kier alpha value is -2.58. The van der Waals surface area contributed by atoms with Gasteiger partial charge in [-0.2, -0.15) is 5.10 Å². The summed E-state index contributed by atoms with van der Waals surface area (Å²) in [5.74, 6) is -0.654. The van der Waals surface area contributed by atoms with Crippen molar-refractivity contribution in [3.05, 3.63) is 41.7 Å². The first-order chi connectivity index (χ1) is 13.0. The molecule has 1 unspecified atom stereocenters. The number of primary amides is 1. The summed E-state index contributed by atoms with van der Waals surface area (Å²) in [6.07, 6.45) is 6.81. The maximum absolute atomic E-state index is 12.7. The molecular weight excluding hydrogens is 380 g/mol. The molecule has 0 radical (unpaired) electrons. The fourth-order valence-corrected chi connectivity index (χ4v) is 3.47. The number of hydrogen-bond donors (Lipinski definition) is 3. The molecule has 4 N–H and O–H groups in total. The lowest BCUT2D eigenvalue weighted by atomic mass is 10.1. The van der Waals surface area contributed by atoms with Gasteiger partial charge in [-0.05, 0) is 44.5 Å². The van der Waals surface area contributed by atoms with Crippen LogP contribution in [0.15, 0.2) is 30.6 Å². The molecule has 1 aromatic carbocycles. The minimum atomic E-state index is -0.520. The molecule has 28 heavy (non-hydrogen) atoms. The van der Waals surface area contributed by atoms with Crippen molar-refractivity contribution < 1.29 is 9.59 Å². The van der Waals surface area contributed by atoms with E-state index in [1.54, 1.807) is 36.3 Å². The van der Waals surface area contributed by atoms with Crippen LogP contribution in [0.4, 0.5) is 11.4 Å². The highest BCUT2D eigenvalue weighted by Crippen LogP contribution is 2.28. The molecule has 0 saturated carbocycles. The molecule has 2 heterocycles. The van der Waals surface area contributed by atoms with Crippen LogP contribution >= 0.6 is 12.4 Å². The van der Waals surface area contributed by atoms with Gasteiger partial charge in [0.1, 0.15) is 6.04 Å². The molecule has 2 amide bonds. The largest absolute Gasteiger partial charge is 0.371 e. The third-order valence-corrected chi connectivity index (χ3v) is 4.84. The van der Waals surface area contributed by atoms with Gasteiger partial charge in [0.2, 0.25) is 5.91 Å². The van der Waals surface area contributed by atoms with Crippen LogP contribution in [0.5, 0.6) is 0 Å². The van der Waals surface area contributed by atoms with E-state index in [4.69, 9.17) is 5.73 Å². The van der Waals surface area contributed by atoms with Crippen molar-refractivity contribution in [2.24, 2.45) is 12.8 Å². The second-order valence-electron chi connectivity index (χ2n) is 6.80. The number of benzene rings is 1. The molecule has 0 bridgehead atoms. The van der Waals surface area contributed by atoms with Gasteiger partial charge >= 0.3 is 0 Å². The van der Waals surface area contributed by atoms with Crippen LogP contribution in [-0.2, 0) is 11.8 Å². The summed E-state index contributed by atoms with van der Waals surface area (Å²) >= 11 is 0. The zero-order valence-corrected chi connectivity index (χ0v) is 17.0. The molecule has 152 valence electrons. The fourth-order valence-electron chi connectivity index (χ4n) is 3.47. The average Bonchev–Trinajstić information content (AvgIpc) is 3.08. The van der Waals surface area contributed by atoms with Gasteiger partial charge < -0.3 is 21.3 Å². The van der Waals surface area contributed by atoms with Crippen LogP contribution in [0.1, 0.15) is 41.2 Å². The standard InChI is InChI=1S/C19H26N6O2.ClH/c1-21-17(13-11-22-24(2)12-13)19(27)23-14-6-7-15(18(20)26)16(10-14)25-8-4-3-5-9-25;/h6-7,10-12,17,21H,3-5,8-9H2,1-2H3,(H2,20,26)(H,23,27);1H. The molecule has 8 nitrogen and oxygen atoms in total. The quantitative estimate of drug-likeness (QED) is 0.678. The van der Waals surface area contributed by atoms with E-state index in [9.17, 15) is 9.59 Å². The van der Waals surface area contributed by atoms with Crippen molar-refractivity contribution in [1.29, 1.82) is 0 Å². The molecule has 9 heteroatoms. The van der Waals surface area contributed by atoms with Gasteiger partial charge in [0.05, 0.1) is 17.4 Å². The lowest BCUT2D eigenvalue weighted by molar-refractivity contribution is -0.118. The van der Waals surface area contributed by atoms with E-state index < -0.39 is 11.9 Å². The number of aryl methyl sites for hydroxylation is 1. The Morgan fingerprint density at radius 1 is 1.21 bits per heavy atom. The van der Waals surface area contributed by atoms with E-state index in [0.29, 0.717) is 11.3 Å². The van der Waals surface area contributed by atoms with Gasteiger partial charge in [-0.1, -0.05) is 0 Å². The summed E-state index contributed by atoms with van der Waals surface area (Å²) < 4.78 is 1.66. The van der Waals surface area contributed by atoms with Crippen molar-refractivity contribution in [2.45, 2.75) is 25.3 Å². The molecule has 1 saturated heterocycles. The van der Waals surface area contributed by atoms with Gasteiger partial charge in [-0.15, -0.1) is 12.4 Å². The summed E-state index contributed by atoms with van der Waals surface area (Å²) in [5.41, 5.74) is 8.22. The number of aromatic nitrogens is 2. The van der Waals surface area contributed by atoms with Crippen molar-refractivity contribution >= 4 is 35.6 Å². The third kappa shape index (κ3) is 4.82. The second kappa shape index (κ2) is 9.57. The van der Waals surface area contributed by atoms with Gasteiger partial charge in [0.15, 0.2) is 0 Å². The van der Waals surface area contributed by atoms with Crippen LogP contribution in [-0.4, -0.2) is 41.7 Å². The number of rotatable bonds is 6. The number of nitrogens with zero attached hydrogens (tertiary/aromatic N) is 3. The van der Waals surface area contributed by atoms with Crippen LogP contribution in [0.3, 0.4) is 0 Å². The van der Waals surface area contributed by atoms with E-state index >= 15 is 0 Å². The first-order valence-electron chi connectivity index (χ1n) is 9.15. The molecule has 1 atom stereocenters. The number of nitrogens with two attached hydrogens (primary N) is 1. The summed E-state index contributed by atoms with van der Waals surface area (Å²) in [6.45, 7) is 1.76. The van der Waals surface area contributed by atoms with E-state index in [-0.39, 0.29) is 18.3 Å². The smallest absolute Gasteiger partial charge is 0.250 e. The Kier molecular flexibility index (Phi) is 7.42. The van der Waals surface area contributed by atoms with Crippen molar-refractivity contribution in [3.8, 4) is 0 Å². The Labute approximate surface area is 170 Å². The van der Waals surface area contributed by atoms with Crippen LogP contribution < -0.4 is 21.3 Å². The first kappa shape index (κ1) is 21.7. The molecular formula is C19H27ClN6O2. The third-order valence-electron chi connectivity index (χ3n) is 4.84. The topological polar surface area (TPSA) is 105 Å². The second-order valence-corrected chi connectivity index (χ2v) is 6.80. The van der Waals surface area contributed by atoms with E-state index in [2.05, 4.69) is 20.6 Å². The molecule has 3 rings (SSSR count). The van der Waals surface area contributed by atoms with Gasteiger partial charge in [0, 0.05) is 37.6 Å². The summed E-state index contributed by atoms with van der Waals surface area (Å²) in [7, 11) is 3.54. The number of hydrogen-bond acceptors (Lipinski definition) is 5. The highest BCUT2D eigenvalue weighted by Gasteiger charge is 2.22. The highest BCUT2D eigenvalue weighted by molar-refractivity contribution is 6.01. The van der Waals surface area contributed by atoms with E-state index in [0.717, 1.165) is 37.2 Å². The van der Waals surface area contributed by atoms with Crippen LogP contribution in [0.2, 0.25) is 0 Å². The molecule has 1 aliphatic rings. The van der Waals surface area contributed by atoms with Gasteiger partial charge in [-0.25, -0.2) is 0 Å². The van der Waals surface area contributed by atoms with Gasteiger partial charge in [-0.3, -0.25) is 14.3 Å². The number of piperidine rings is 1. The van der Waals surface area contributed by atoms with Crippen LogP contribution in [0, 0.1) is 0 Å². The maximum Gasteiger partial charge on any atom is 0.250 e. The van der Waals surface area contributed by atoms with Crippen molar-refractivity contribution in [1.82, 2.24) is 15.1 Å². The number of carbonyl (C=O) groups excluding carboxylic acids is 2. The molecule has 1 aliphatic heterocycles. The predicted octanol–water partition coefficient (Wildman–Crippen LogP) is 1.83. The van der Waals surface area contributed by atoms with Crippen molar-refractivity contribution in [2.75, 3.05) is 30.4 Å². The van der Waals surface area contributed by atoms with E-state index in [1.165, 1.54) is 6.42 Å². The monoisotopic (exact) mass is 406 g/mol. The summed E-state index contributed by atoms with van der Waals surface area (Å²) in [4.78, 5) is 26.7. The summed E-state index contributed by atoms with van der Waals surface area (Å²) in [5, 5.41) is 10.1. The Morgan fingerprint density at radius 3 is 2.50 bits per heavy atom. The molecule has 0 spiro atoms. The number of carbonyl (C=O) groups is 2. The molecule has 2 aromatic rings. The maximum atomic E-state index is 12.7. The SMILES string of the molecule is CNC(C(=O)Nc1ccc(C(N)=O)c(N2CCCCC2)c1)c1cnn(C)c1.Cl. The molecule has 1 fully saturated rings. The predicted molar refractivity (Wildman–Crippen MR) is 112 cm³/mol. The minimum Gasteiger partial charge on any atom is -0.371 e. The first-order valence-corrected chi connectivity index (χ1v) is 9.15. The highest BCUT2D eigenvalue weighted by atomic mass is 35.5. The fraction of sp³-hybridized carbons (Fsp3) is 0.421. The average molecular weight is 407 g/mol. The molecule has 0 aliphatic carbocycles. The lowest BCUT2D eigenvalue weighted by Gasteiger charge is -2.30. The van der Waals surface area contributed by atoms with E-state index in [1.807, 2.05) is 13.1 Å². The van der Waals surface area contributed by atoms with Crippen molar-refractivity contribution in [3.63, 3.8) is 0 Å². The number of amides is 2. The van der Waals surface area contributed by atoms with Gasteiger partial charge in [0.25, 0.3) is 5.91 Å². The zero-order chi connectivity index (χ0) is 19.4. The number of likely N-dealkylation sites (N-methyl/N-ethyl adjacent to an activating group) is 1. The zero-order valence-electron chi connectivity index (χ0n) is 16.1. The molecule has 1 aromatic heterocycles. The normalized spacial score (nSPS) is 14.9. The Bertz CT molecular complexity index is 832. The number of halogens is 1.